The first-order valence-corrected chi connectivity index (χ1v) is 8.72. The molecule has 1 amide bonds. The molecule has 4 nitrogen and oxygen atoms in total. The van der Waals surface area contributed by atoms with Gasteiger partial charge in [-0.15, -0.1) is 0 Å². The topological polar surface area (TPSA) is 49.0 Å². The van der Waals surface area contributed by atoms with Gasteiger partial charge in [-0.1, -0.05) is 18.2 Å². The Morgan fingerprint density at radius 1 is 1.33 bits per heavy atom. The van der Waals surface area contributed by atoms with Gasteiger partial charge in [-0.2, -0.15) is 5.10 Å². The molecule has 0 spiro atoms. The van der Waals surface area contributed by atoms with E-state index in [2.05, 4.69) is 10.2 Å². The minimum Gasteiger partial charge on any atom is -0.342 e. The highest BCUT2D eigenvalue weighted by Gasteiger charge is 2.54. The summed E-state index contributed by atoms with van der Waals surface area (Å²) in [5.41, 5.74) is 1.08. The van der Waals surface area contributed by atoms with E-state index in [4.69, 9.17) is 0 Å². The highest BCUT2D eigenvalue weighted by atomic mass is 19.1. The molecule has 0 bridgehead atoms. The van der Waals surface area contributed by atoms with Gasteiger partial charge in [-0.05, 0) is 50.2 Å². The molecule has 1 aromatic heterocycles. The van der Waals surface area contributed by atoms with Crippen molar-refractivity contribution in [3.05, 3.63) is 53.6 Å². The van der Waals surface area contributed by atoms with E-state index >= 15 is 0 Å². The van der Waals surface area contributed by atoms with Crippen LogP contribution in [0.2, 0.25) is 0 Å². The molecule has 4 rings (SSSR count). The molecule has 2 fully saturated rings. The predicted octanol–water partition coefficient (Wildman–Crippen LogP) is 3.06. The Hall–Kier alpha value is -2.17. The van der Waals surface area contributed by atoms with Gasteiger partial charge in [0.25, 0.3) is 0 Å². The third-order valence-electron chi connectivity index (χ3n) is 5.42. The van der Waals surface area contributed by atoms with Gasteiger partial charge in [0.15, 0.2) is 0 Å². The fourth-order valence-electron chi connectivity index (χ4n) is 4.00. The van der Waals surface area contributed by atoms with Gasteiger partial charge in [0.05, 0.1) is 5.41 Å². The standard InChI is InChI=1S/C19H22FN3O/c20-17-6-2-1-5-16(17)19(8-9-19)18(24)23-11-3-4-14(13-23)12-15-7-10-21-22-15/h1-2,5-7,10,14H,3-4,8-9,11-13H2,(H,21,22)/t14-/m0/s1. The van der Waals surface area contributed by atoms with Gasteiger partial charge in [-0.3, -0.25) is 9.89 Å². The Labute approximate surface area is 141 Å². The van der Waals surface area contributed by atoms with Gasteiger partial charge >= 0.3 is 0 Å². The van der Waals surface area contributed by atoms with Crippen molar-refractivity contribution >= 4 is 5.91 Å². The number of nitrogens with one attached hydrogen (secondary N) is 1. The molecule has 5 heteroatoms. The van der Waals surface area contributed by atoms with Crippen LogP contribution in [-0.4, -0.2) is 34.1 Å². The van der Waals surface area contributed by atoms with Crippen LogP contribution < -0.4 is 0 Å². The molecule has 2 heterocycles. The van der Waals surface area contributed by atoms with Crippen molar-refractivity contribution in [1.29, 1.82) is 0 Å². The fraction of sp³-hybridized carbons (Fsp3) is 0.474. The summed E-state index contributed by atoms with van der Waals surface area (Å²) in [6.45, 7) is 1.54. The summed E-state index contributed by atoms with van der Waals surface area (Å²) in [4.78, 5) is 15.1. The number of carbonyl (C=O) groups excluding carboxylic acids is 1. The van der Waals surface area contributed by atoms with E-state index in [9.17, 15) is 9.18 Å². The molecule has 1 atom stereocenters. The molecule has 1 aliphatic carbocycles. The number of carbonyl (C=O) groups is 1. The maximum Gasteiger partial charge on any atom is 0.233 e. The number of piperidine rings is 1. The number of aromatic nitrogens is 2. The first kappa shape index (κ1) is 15.4. The summed E-state index contributed by atoms with van der Waals surface area (Å²) in [5, 5.41) is 6.99. The fourth-order valence-corrected chi connectivity index (χ4v) is 4.00. The first-order chi connectivity index (χ1) is 11.7. The third-order valence-corrected chi connectivity index (χ3v) is 5.42. The van der Waals surface area contributed by atoms with Crippen molar-refractivity contribution in [1.82, 2.24) is 15.1 Å². The monoisotopic (exact) mass is 327 g/mol. The lowest BCUT2D eigenvalue weighted by Gasteiger charge is -2.35. The second-order valence-corrected chi connectivity index (χ2v) is 7.11. The number of likely N-dealkylation sites (tertiary alicyclic amines) is 1. The molecule has 0 radical (unpaired) electrons. The zero-order valence-corrected chi connectivity index (χ0v) is 13.7. The predicted molar refractivity (Wildman–Crippen MR) is 88.9 cm³/mol. The van der Waals surface area contributed by atoms with Crippen LogP contribution in [0.25, 0.3) is 0 Å². The molecule has 1 saturated carbocycles. The van der Waals surface area contributed by atoms with Crippen molar-refractivity contribution < 1.29 is 9.18 Å². The van der Waals surface area contributed by atoms with Crippen LogP contribution in [-0.2, 0) is 16.6 Å². The lowest BCUT2D eigenvalue weighted by Crippen LogP contribution is -2.45. The second-order valence-electron chi connectivity index (χ2n) is 7.11. The average molecular weight is 327 g/mol. The van der Waals surface area contributed by atoms with Crippen molar-refractivity contribution in [2.24, 2.45) is 5.92 Å². The van der Waals surface area contributed by atoms with E-state index in [0.717, 1.165) is 50.9 Å². The first-order valence-electron chi connectivity index (χ1n) is 8.72. The van der Waals surface area contributed by atoms with Gasteiger partial charge in [0, 0.05) is 30.5 Å². The average Bonchev–Trinajstić information content (AvgIpc) is 3.25. The zero-order valence-electron chi connectivity index (χ0n) is 13.7. The number of amides is 1. The van der Waals surface area contributed by atoms with Crippen LogP contribution in [0.5, 0.6) is 0 Å². The summed E-state index contributed by atoms with van der Waals surface area (Å²) in [5.74, 6) is 0.302. The summed E-state index contributed by atoms with van der Waals surface area (Å²) >= 11 is 0. The van der Waals surface area contributed by atoms with Gasteiger partial charge in [0.1, 0.15) is 5.82 Å². The van der Waals surface area contributed by atoms with E-state index in [0.29, 0.717) is 11.5 Å². The normalized spacial score (nSPS) is 22.4. The minimum absolute atomic E-state index is 0.113. The highest BCUT2D eigenvalue weighted by Crippen LogP contribution is 2.50. The molecule has 126 valence electrons. The number of hydrogen-bond acceptors (Lipinski definition) is 2. The molecular formula is C19H22FN3O. The Bertz CT molecular complexity index is 724. The smallest absolute Gasteiger partial charge is 0.233 e. The minimum atomic E-state index is -0.610. The van der Waals surface area contributed by atoms with E-state index in [1.165, 1.54) is 6.07 Å². The number of rotatable bonds is 4. The Morgan fingerprint density at radius 3 is 2.88 bits per heavy atom. The van der Waals surface area contributed by atoms with Crippen LogP contribution in [0.4, 0.5) is 4.39 Å². The van der Waals surface area contributed by atoms with Crippen LogP contribution in [0.15, 0.2) is 36.5 Å². The molecule has 2 aliphatic rings. The van der Waals surface area contributed by atoms with Gasteiger partial charge in [0.2, 0.25) is 5.91 Å². The number of hydrogen-bond donors (Lipinski definition) is 1. The molecule has 0 unspecified atom stereocenters. The Kier molecular flexibility index (Phi) is 3.87. The van der Waals surface area contributed by atoms with Crippen molar-refractivity contribution in [3.8, 4) is 0 Å². The Morgan fingerprint density at radius 2 is 2.17 bits per heavy atom. The zero-order chi connectivity index (χ0) is 16.6. The number of halogens is 1. The maximum atomic E-state index is 14.2. The van der Waals surface area contributed by atoms with Crippen LogP contribution in [0, 0.1) is 11.7 Å². The van der Waals surface area contributed by atoms with Crippen LogP contribution in [0.3, 0.4) is 0 Å². The van der Waals surface area contributed by atoms with Crippen molar-refractivity contribution in [3.63, 3.8) is 0 Å². The highest BCUT2D eigenvalue weighted by molar-refractivity contribution is 5.91. The molecule has 1 saturated heterocycles. The third kappa shape index (κ3) is 2.72. The summed E-state index contributed by atoms with van der Waals surface area (Å²) in [6, 6.07) is 8.72. The van der Waals surface area contributed by atoms with Gasteiger partial charge < -0.3 is 4.90 Å². The van der Waals surface area contributed by atoms with Crippen LogP contribution in [0.1, 0.15) is 36.9 Å². The maximum absolute atomic E-state index is 14.2. The molecule has 1 aromatic carbocycles. The summed E-state index contributed by atoms with van der Waals surface area (Å²) < 4.78 is 14.2. The SMILES string of the molecule is O=C(N1CCC[C@@H](Cc2ccn[nH]2)C1)C1(c2ccccc2F)CC1. The van der Waals surface area contributed by atoms with E-state index < -0.39 is 5.41 Å². The quantitative estimate of drug-likeness (QED) is 0.938. The molecule has 2 aromatic rings. The summed E-state index contributed by atoms with van der Waals surface area (Å²) in [7, 11) is 0. The van der Waals surface area contributed by atoms with Gasteiger partial charge in [-0.25, -0.2) is 4.39 Å². The lowest BCUT2D eigenvalue weighted by molar-refractivity contribution is -0.135. The van der Waals surface area contributed by atoms with Crippen molar-refractivity contribution in [2.75, 3.05) is 13.1 Å². The molecular weight excluding hydrogens is 305 g/mol. The molecule has 1 aliphatic heterocycles. The van der Waals surface area contributed by atoms with E-state index in [1.807, 2.05) is 17.0 Å². The second kappa shape index (κ2) is 6.04. The Balaban J connectivity index is 1.49. The summed E-state index contributed by atoms with van der Waals surface area (Å²) in [6.07, 6.45) is 6.32. The van der Waals surface area contributed by atoms with Crippen LogP contribution >= 0.6 is 0 Å². The molecule has 1 N–H and O–H groups in total. The van der Waals surface area contributed by atoms with E-state index in [1.54, 1.807) is 18.3 Å². The number of benzene rings is 1. The number of aromatic amines is 1. The van der Waals surface area contributed by atoms with Crippen molar-refractivity contribution in [2.45, 2.75) is 37.5 Å². The number of H-pyrrole nitrogens is 1. The number of nitrogens with zero attached hydrogens (tertiary/aromatic N) is 2. The largest absolute Gasteiger partial charge is 0.342 e. The van der Waals surface area contributed by atoms with E-state index in [-0.39, 0.29) is 11.7 Å². The molecule has 24 heavy (non-hydrogen) atoms. The lowest BCUT2D eigenvalue weighted by atomic mass is 9.89.